The fourth-order valence-corrected chi connectivity index (χ4v) is 3.39. The number of pyridine rings is 1. The van der Waals surface area contributed by atoms with Crippen molar-refractivity contribution in [1.29, 1.82) is 0 Å². The van der Waals surface area contributed by atoms with Gasteiger partial charge >= 0.3 is 0 Å². The number of benzene rings is 1. The van der Waals surface area contributed by atoms with Crippen LogP contribution in [0.4, 0.5) is 0 Å². The number of fused-ring (bicyclic) bond motifs is 2. The van der Waals surface area contributed by atoms with Gasteiger partial charge in [0.25, 0.3) is 0 Å². The molecule has 6 nitrogen and oxygen atoms in total. The van der Waals surface area contributed by atoms with Gasteiger partial charge in [-0.25, -0.2) is 4.98 Å². The fraction of sp³-hybridized carbons (Fsp3) is 0.350. The number of likely N-dealkylation sites (N-methyl/N-ethyl adjacent to an activating group) is 1. The minimum atomic E-state index is -0.150. The van der Waals surface area contributed by atoms with Crippen molar-refractivity contribution >= 4 is 27.9 Å². The summed E-state index contributed by atoms with van der Waals surface area (Å²) in [6.45, 7) is 5.78. The van der Waals surface area contributed by atoms with Crippen LogP contribution in [-0.4, -0.2) is 60.3 Å². The second kappa shape index (κ2) is 6.63. The molecule has 2 aromatic heterocycles. The zero-order chi connectivity index (χ0) is 18.3. The molecule has 1 fully saturated rings. The van der Waals surface area contributed by atoms with Crippen LogP contribution in [0.15, 0.2) is 39.5 Å². The topological polar surface area (TPSA) is 66.7 Å². The van der Waals surface area contributed by atoms with E-state index in [0.29, 0.717) is 34.2 Å². The molecular weight excluding hydrogens is 330 g/mol. The first-order chi connectivity index (χ1) is 12.5. The average Bonchev–Trinajstić information content (AvgIpc) is 2.63. The lowest BCUT2D eigenvalue weighted by Crippen LogP contribution is -2.46. The van der Waals surface area contributed by atoms with Gasteiger partial charge in [0.05, 0.1) is 23.0 Å². The van der Waals surface area contributed by atoms with Gasteiger partial charge in [-0.3, -0.25) is 14.5 Å². The standard InChI is InChI=1S/C20H21N3O3/c1-13-15(17(24)12-23-9-7-22(2)8-10-23)11-16-19(25)14-5-3-4-6-18(14)26-20(16)21-13/h3-6,11H,7-10,12H2,1-2H3. The van der Waals surface area contributed by atoms with Crippen molar-refractivity contribution in [3.05, 3.63) is 51.8 Å². The van der Waals surface area contributed by atoms with Gasteiger partial charge in [-0.05, 0) is 32.2 Å². The number of para-hydroxylation sites is 1. The second-order valence-corrected chi connectivity index (χ2v) is 6.90. The molecule has 0 atom stereocenters. The van der Waals surface area contributed by atoms with E-state index < -0.39 is 0 Å². The number of piperazine rings is 1. The van der Waals surface area contributed by atoms with E-state index in [4.69, 9.17) is 4.42 Å². The highest BCUT2D eigenvalue weighted by molar-refractivity contribution is 6.01. The van der Waals surface area contributed by atoms with E-state index >= 15 is 0 Å². The van der Waals surface area contributed by atoms with Crippen LogP contribution in [0.5, 0.6) is 0 Å². The number of Topliss-reactive ketones (excluding diaryl/α,β-unsaturated/α-hetero) is 1. The third-order valence-electron chi connectivity index (χ3n) is 5.02. The minimum absolute atomic E-state index is 0.00554. The first-order valence-electron chi connectivity index (χ1n) is 8.80. The molecule has 3 heterocycles. The number of hydrogen-bond donors (Lipinski definition) is 0. The van der Waals surface area contributed by atoms with Crippen LogP contribution in [0.2, 0.25) is 0 Å². The predicted molar refractivity (Wildman–Crippen MR) is 101 cm³/mol. The molecule has 0 aliphatic carbocycles. The Balaban J connectivity index is 1.72. The van der Waals surface area contributed by atoms with Gasteiger partial charge in [0.15, 0.2) is 5.78 Å². The predicted octanol–water partition coefficient (Wildman–Crippen LogP) is 2.08. The Bertz CT molecular complexity index is 1050. The molecule has 26 heavy (non-hydrogen) atoms. The molecule has 1 aliphatic heterocycles. The molecule has 0 radical (unpaired) electrons. The Morgan fingerprint density at radius 3 is 2.65 bits per heavy atom. The number of rotatable bonds is 3. The second-order valence-electron chi connectivity index (χ2n) is 6.90. The van der Waals surface area contributed by atoms with Gasteiger partial charge in [-0.1, -0.05) is 12.1 Å². The molecule has 3 aromatic rings. The number of carbonyl (C=O) groups is 1. The van der Waals surface area contributed by atoms with Crippen LogP contribution in [0.3, 0.4) is 0 Å². The number of nitrogens with zero attached hydrogens (tertiary/aromatic N) is 3. The first kappa shape index (κ1) is 16.9. The van der Waals surface area contributed by atoms with Gasteiger partial charge in [0, 0.05) is 31.7 Å². The van der Waals surface area contributed by atoms with Gasteiger partial charge in [-0.2, -0.15) is 0 Å². The van der Waals surface area contributed by atoms with Gasteiger partial charge < -0.3 is 9.32 Å². The highest BCUT2D eigenvalue weighted by Gasteiger charge is 2.20. The van der Waals surface area contributed by atoms with Crippen molar-refractivity contribution in [3.63, 3.8) is 0 Å². The lowest BCUT2D eigenvalue weighted by molar-refractivity contribution is 0.0875. The molecule has 4 rings (SSSR count). The summed E-state index contributed by atoms with van der Waals surface area (Å²) in [6, 6.07) is 8.74. The molecule has 6 heteroatoms. The zero-order valence-electron chi connectivity index (χ0n) is 15.0. The summed E-state index contributed by atoms with van der Waals surface area (Å²) in [7, 11) is 2.08. The molecule has 0 bridgehead atoms. The molecule has 0 amide bonds. The minimum Gasteiger partial charge on any atom is -0.437 e. The van der Waals surface area contributed by atoms with Crippen molar-refractivity contribution in [1.82, 2.24) is 14.8 Å². The Hall–Kier alpha value is -2.57. The molecule has 0 unspecified atom stereocenters. The van der Waals surface area contributed by atoms with Gasteiger partial charge in [0.1, 0.15) is 5.58 Å². The van der Waals surface area contributed by atoms with E-state index in [1.54, 1.807) is 31.2 Å². The van der Waals surface area contributed by atoms with Gasteiger partial charge in [-0.15, -0.1) is 0 Å². The van der Waals surface area contributed by atoms with Crippen LogP contribution < -0.4 is 5.43 Å². The van der Waals surface area contributed by atoms with Crippen molar-refractivity contribution in [2.45, 2.75) is 6.92 Å². The Morgan fingerprint density at radius 2 is 1.88 bits per heavy atom. The van der Waals surface area contributed by atoms with E-state index in [1.165, 1.54) is 0 Å². The smallest absolute Gasteiger partial charge is 0.230 e. The van der Waals surface area contributed by atoms with Gasteiger partial charge in [0.2, 0.25) is 11.1 Å². The van der Waals surface area contributed by atoms with Crippen molar-refractivity contribution < 1.29 is 9.21 Å². The summed E-state index contributed by atoms with van der Waals surface area (Å²) < 4.78 is 5.77. The highest BCUT2D eigenvalue weighted by atomic mass is 16.3. The number of aromatic nitrogens is 1. The Labute approximate surface area is 151 Å². The summed E-state index contributed by atoms with van der Waals surface area (Å²) in [5.41, 5.74) is 1.73. The molecule has 1 aliphatic rings. The average molecular weight is 351 g/mol. The summed E-state index contributed by atoms with van der Waals surface area (Å²) in [5.74, 6) is -0.00554. The summed E-state index contributed by atoms with van der Waals surface area (Å²) in [5, 5.41) is 0.860. The lowest BCUT2D eigenvalue weighted by Gasteiger charge is -2.31. The van der Waals surface area contributed by atoms with E-state index in [2.05, 4.69) is 21.8 Å². The molecular formula is C20H21N3O3. The lowest BCUT2D eigenvalue weighted by atomic mass is 10.1. The maximum absolute atomic E-state index is 12.8. The quantitative estimate of drug-likeness (QED) is 0.532. The fourth-order valence-electron chi connectivity index (χ4n) is 3.39. The summed E-state index contributed by atoms with van der Waals surface area (Å²) >= 11 is 0. The number of ketones is 1. The van der Waals surface area contributed by atoms with Crippen LogP contribution in [-0.2, 0) is 0 Å². The largest absolute Gasteiger partial charge is 0.437 e. The number of aryl methyl sites for hydroxylation is 1. The van der Waals surface area contributed by atoms with Crippen molar-refractivity contribution in [2.24, 2.45) is 0 Å². The maximum Gasteiger partial charge on any atom is 0.230 e. The van der Waals surface area contributed by atoms with E-state index in [9.17, 15) is 9.59 Å². The normalized spacial score (nSPS) is 16.4. The summed E-state index contributed by atoms with van der Waals surface area (Å²) in [4.78, 5) is 34.4. The van der Waals surface area contributed by atoms with E-state index in [-0.39, 0.29) is 16.9 Å². The highest BCUT2D eigenvalue weighted by Crippen LogP contribution is 2.20. The first-order valence-corrected chi connectivity index (χ1v) is 8.80. The van der Waals surface area contributed by atoms with E-state index in [0.717, 1.165) is 26.2 Å². The molecule has 0 N–H and O–H groups in total. The molecule has 0 saturated carbocycles. The number of carbonyl (C=O) groups excluding carboxylic acids is 1. The van der Waals surface area contributed by atoms with Crippen LogP contribution in [0, 0.1) is 6.92 Å². The Kier molecular flexibility index (Phi) is 4.30. The van der Waals surface area contributed by atoms with Crippen LogP contribution in [0.25, 0.3) is 22.1 Å². The van der Waals surface area contributed by atoms with Crippen LogP contribution in [0.1, 0.15) is 16.1 Å². The molecule has 1 aromatic carbocycles. The summed E-state index contributed by atoms with van der Waals surface area (Å²) in [6.07, 6.45) is 0. The third-order valence-corrected chi connectivity index (χ3v) is 5.02. The van der Waals surface area contributed by atoms with Crippen LogP contribution >= 0.6 is 0 Å². The monoisotopic (exact) mass is 351 g/mol. The third kappa shape index (κ3) is 3.02. The van der Waals surface area contributed by atoms with E-state index in [1.807, 2.05) is 6.07 Å². The molecule has 0 spiro atoms. The maximum atomic E-state index is 12.8. The number of hydrogen-bond acceptors (Lipinski definition) is 6. The zero-order valence-corrected chi connectivity index (χ0v) is 15.0. The molecule has 1 saturated heterocycles. The van der Waals surface area contributed by atoms with Crippen molar-refractivity contribution in [2.75, 3.05) is 39.8 Å². The van der Waals surface area contributed by atoms with Crippen molar-refractivity contribution in [3.8, 4) is 0 Å². The SMILES string of the molecule is Cc1nc2oc3ccccc3c(=O)c2cc1C(=O)CN1CCN(C)CC1. The molecule has 134 valence electrons. The Morgan fingerprint density at radius 1 is 1.15 bits per heavy atom.